The van der Waals surface area contributed by atoms with Crippen LogP contribution < -0.4 is 0 Å². The van der Waals surface area contributed by atoms with E-state index >= 15 is 0 Å². The van der Waals surface area contributed by atoms with Gasteiger partial charge in [-0.2, -0.15) is 0 Å². The Labute approximate surface area is 85.4 Å². The fourth-order valence-electron chi connectivity index (χ4n) is 1.03. The van der Waals surface area contributed by atoms with E-state index in [4.69, 9.17) is 21.8 Å². The van der Waals surface area contributed by atoms with Gasteiger partial charge in [0.15, 0.2) is 6.10 Å². The van der Waals surface area contributed by atoms with Gasteiger partial charge in [0, 0.05) is 17.0 Å². The molecule has 0 aromatic heterocycles. The van der Waals surface area contributed by atoms with Crippen LogP contribution >= 0.6 is 11.6 Å². The summed E-state index contributed by atoms with van der Waals surface area (Å²) < 4.78 is 0. The van der Waals surface area contributed by atoms with E-state index in [0.717, 1.165) is 0 Å². The van der Waals surface area contributed by atoms with Gasteiger partial charge in [-0.25, -0.2) is 4.79 Å². The molecule has 0 bridgehead atoms. The highest BCUT2D eigenvalue weighted by Crippen LogP contribution is 2.26. The molecule has 1 rings (SSSR count). The zero-order chi connectivity index (χ0) is 10.7. The molecular formula is C9H9ClO4. The maximum Gasteiger partial charge on any atom is 0.332 e. The highest BCUT2D eigenvalue weighted by atomic mass is 35.5. The third-order valence-electron chi connectivity index (χ3n) is 1.78. The summed E-state index contributed by atoms with van der Waals surface area (Å²) in [4.78, 5) is 10.4. The molecule has 5 heteroatoms. The number of aromatic hydroxyl groups is 1. The minimum absolute atomic E-state index is 0.113. The van der Waals surface area contributed by atoms with Crippen LogP contribution in [-0.2, 0) is 11.2 Å². The third-order valence-corrected chi connectivity index (χ3v) is 2.13. The van der Waals surface area contributed by atoms with Crippen LogP contribution in [0.5, 0.6) is 5.75 Å². The van der Waals surface area contributed by atoms with E-state index in [2.05, 4.69) is 0 Å². The molecule has 1 aromatic rings. The summed E-state index contributed by atoms with van der Waals surface area (Å²) in [6.45, 7) is 0. The van der Waals surface area contributed by atoms with Crippen molar-refractivity contribution in [3.63, 3.8) is 0 Å². The first-order chi connectivity index (χ1) is 6.52. The average Bonchev–Trinajstić information content (AvgIpc) is 2.11. The van der Waals surface area contributed by atoms with Crippen LogP contribution in [0.1, 0.15) is 5.56 Å². The summed E-state index contributed by atoms with van der Waals surface area (Å²) in [5.74, 6) is -1.46. The number of rotatable bonds is 3. The van der Waals surface area contributed by atoms with E-state index in [1.54, 1.807) is 0 Å². The van der Waals surface area contributed by atoms with Gasteiger partial charge in [-0.3, -0.25) is 0 Å². The van der Waals surface area contributed by atoms with Gasteiger partial charge in [-0.15, -0.1) is 0 Å². The quantitative estimate of drug-likeness (QED) is 0.705. The molecule has 0 amide bonds. The molecule has 76 valence electrons. The summed E-state index contributed by atoms with van der Waals surface area (Å²) in [5, 5.41) is 27.1. The number of carbonyl (C=O) groups is 1. The Morgan fingerprint density at radius 2 is 2.14 bits per heavy atom. The Morgan fingerprint density at radius 1 is 1.50 bits per heavy atom. The normalized spacial score (nSPS) is 12.4. The maximum absolute atomic E-state index is 10.4. The molecule has 14 heavy (non-hydrogen) atoms. The lowest BCUT2D eigenvalue weighted by Gasteiger charge is -2.08. The molecule has 0 spiro atoms. The lowest BCUT2D eigenvalue weighted by atomic mass is 10.1. The average molecular weight is 217 g/mol. The molecule has 0 aliphatic heterocycles. The van der Waals surface area contributed by atoms with Crippen molar-refractivity contribution in [3.05, 3.63) is 28.8 Å². The predicted octanol–water partition coefficient (Wildman–Crippen LogP) is 1.03. The van der Waals surface area contributed by atoms with Crippen molar-refractivity contribution in [3.8, 4) is 5.75 Å². The maximum atomic E-state index is 10.4. The number of benzene rings is 1. The Kier molecular flexibility index (Phi) is 3.33. The summed E-state index contributed by atoms with van der Waals surface area (Å²) in [6.07, 6.45) is -1.76. The Balaban J connectivity index is 2.91. The Hall–Kier alpha value is -1.26. The number of halogens is 1. The molecule has 3 N–H and O–H groups in total. The number of carboxylic acids is 1. The summed E-state index contributed by atoms with van der Waals surface area (Å²) >= 11 is 5.71. The largest absolute Gasteiger partial charge is 0.508 e. The van der Waals surface area contributed by atoms with Gasteiger partial charge < -0.3 is 15.3 Å². The molecule has 0 radical (unpaired) electrons. The smallest absolute Gasteiger partial charge is 0.332 e. The van der Waals surface area contributed by atoms with Crippen molar-refractivity contribution in [1.29, 1.82) is 0 Å². The Morgan fingerprint density at radius 3 is 2.64 bits per heavy atom. The summed E-state index contributed by atoms with van der Waals surface area (Å²) in [6, 6.07) is 4.44. The molecule has 0 fully saturated rings. The number of phenols is 1. The zero-order valence-electron chi connectivity index (χ0n) is 7.14. The van der Waals surface area contributed by atoms with Crippen molar-refractivity contribution in [2.45, 2.75) is 12.5 Å². The van der Waals surface area contributed by atoms with Crippen molar-refractivity contribution in [1.82, 2.24) is 0 Å². The number of hydrogen-bond acceptors (Lipinski definition) is 3. The van der Waals surface area contributed by atoms with Gasteiger partial charge in [-0.1, -0.05) is 17.7 Å². The highest BCUT2D eigenvalue weighted by Gasteiger charge is 2.17. The predicted molar refractivity (Wildman–Crippen MR) is 50.5 cm³/mol. The van der Waals surface area contributed by atoms with Gasteiger partial charge in [-0.05, 0) is 12.1 Å². The van der Waals surface area contributed by atoms with Crippen molar-refractivity contribution < 1.29 is 20.1 Å². The van der Waals surface area contributed by atoms with E-state index in [0.29, 0.717) is 0 Å². The second kappa shape index (κ2) is 4.30. The fourth-order valence-corrected chi connectivity index (χ4v) is 1.28. The third kappa shape index (κ3) is 2.37. The van der Waals surface area contributed by atoms with Crippen molar-refractivity contribution in [2.75, 3.05) is 0 Å². The van der Waals surface area contributed by atoms with E-state index < -0.39 is 12.1 Å². The molecule has 0 saturated heterocycles. The monoisotopic (exact) mass is 216 g/mol. The first-order valence-corrected chi connectivity index (χ1v) is 4.27. The molecule has 4 nitrogen and oxygen atoms in total. The van der Waals surface area contributed by atoms with E-state index in [1.807, 2.05) is 0 Å². The number of carboxylic acid groups (broad SMARTS) is 1. The van der Waals surface area contributed by atoms with Crippen molar-refractivity contribution >= 4 is 17.6 Å². The SMILES string of the molecule is O=C(O)C(O)Cc1c(O)cccc1Cl. The molecule has 0 heterocycles. The second-order valence-corrected chi connectivity index (χ2v) is 3.20. The molecule has 1 atom stereocenters. The topological polar surface area (TPSA) is 77.8 Å². The summed E-state index contributed by atoms with van der Waals surface area (Å²) in [7, 11) is 0. The van der Waals surface area contributed by atoms with Crippen LogP contribution in [-0.4, -0.2) is 27.4 Å². The highest BCUT2D eigenvalue weighted by molar-refractivity contribution is 6.31. The van der Waals surface area contributed by atoms with Gasteiger partial charge >= 0.3 is 5.97 Å². The van der Waals surface area contributed by atoms with Crippen LogP contribution in [0.2, 0.25) is 5.02 Å². The molecule has 0 saturated carbocycles. The van der Waals surface area contributed by atoms with E-state index in [9.17, 15) is 9.90 Å². The van der Waals surface area contributed by atoms with Crippen LogP contribution in [0, 0.1) is 0 Å². The van der Waals surface area contributed by atoms with Crippen LogP contribution in [0.4, 0.5) is 0 Å². The first-order valence-electron chi connectivity index (χ1n) is 3.89. The Bertz CT molecular complexity index is 330. The van der Waals surface area contributed by atoms with Gasteiger partial charge in [0.05, 0.1) is 0 Å². The van der Waals surface area contributed by atoms with E-state index in [-0.39, 0.29) is 22.8 Å². The molecule has 0 aliphatic rings. The second-order valence-electron chi connectivity index (χ2n) is 2.80. The standard InChI is InChI=1S/C9H9ClO4/c10-6-2-1-3-7(11)5(6)4-8(12)9(13)14/h1-3,8,11-12H,4H2,(H,13,14). The summed E-state index contributed by atoms with van der Waals surface area (Å²) in [5.41, 5.74) is 0.240. The number of aliphatic hydroxyl groups is 1. The van der Waals surface area contributed by atoms with Gasteiger partial charge in [0.25, 0.3) is 0 Å². The van der Waals surface area contributed by atoms with Crippen LogP contribution in [0.25, 0.3) is 0 Å². The lowest BCUT2D eigenvalue weighted by Crippen LogP contribution is -2.22. The number of phenolic OH excluding ortho intramolecular Hbond substituents is 1. The van der Waals surface area contributed by atoms with Gasteiger partial charge in [0.2, 0.25) is 0 Å². The zero-order valence-corrected chi connectivity index (χ0v) is 7.90. The van der Waals surface area contributed by atoms with Gasteiger partial charge in [0.1, 0.15) is 5.75 Å². The van der Waals surface area contributed by atoms with E-state index in [1.165, 1.54) is 18.2 Å². The number of hydrogen-bond donors (Lipinski definition) is 3. The fraction of sp³-hybridized carbons (Fsp3) is 0.222. The molecular weight excluding hydrogens is 208 g/mol. The lowest BCUT2D eigenvalue weighted by molar-refractivity contribution is -0.146. The van der Waals surface area contributed by atoms with Crippen molar-refractivity contribution in [2.24, 2.45) is 0 Å². The van der Waals surface area contributed by atoms with Crippen LogP contribution in [0.3, 0.4) is 0 Å². The number of aliphatic carboxylic acids is 1. The minimum Gasteiger partial charge on any atom is -0.508 e. The minimum atomic E-state index is -1.55. The first kappa shape index (κ1) is 10.8. The molecule has 1 aromatic carbocycles. The molecule has 0 aliphatic carbocycles. The number of aliphatic hydroxyl groups excluding tert-OH is 1. The van der Waals surface area contributed by atoms with Crippen LogP contribution in [0.15, 0.2) is 18.2 Å². The molecule has 1 unspecified atom stereocenters.